The molecule has 0 heterocycles. The molecule has 0 spiro atoms. The monoisotopic (exact) mass is 865 g/mol. The van der Waals surface area contributed by atoms with E-state index in [0.29, 0.717) is 19.3 Å². The number of rotatable bonds is 46. The van der Waals surface area contributed by atoms with Gasteiger partial charge in [0.15, 0.2) is 6.10 Å². The fourth-order valence-corrected chi connectivity index (χ4v) is 7.16. The molecule has 0 aliphatic carbocycles. The zero-order valence-electron chi connectivity index (χ0n) is 40.6. The van der Waals surface area contributed by atoms with E-state index in [0.717, 1.165) is 64.2 Å². The van der Waals surface area contributed by atoms with Gasteiger partial charge >= 0.3 is 17.9 Å². The molecule has 0 aromatic rings. The lowest BCUT2D eigenvalue weighted by molar-refractivity contribution is -0.167. The normalized spacial score (nSPS) is 12.6. The average Bonchev–Trinajstić information content (AvgIpc) is 3.27. The Balaban J connectivity index is 4.39. The summed E-state index contributed by atoms with van der Waals surface area (Å²) in [6.07, 6.45) is 63.2. The van der Waals surface area contributed by atoms with E-state index in [4.69, 9.17) is 14.2 Å². The van der Waals surface area contributed by atoms with Crippen molar-refractivity contribution in [2.24, 2.45) is 0 Å². The third-order valence-electron chi connectivity index (χ3n) is 11.1. The van der Waals surface area contributed by atoms with Crippen LogP contribution in [0.3, 0.4) is 0 Å². The molecule has 0 fully saturated rings. The van der Waals surface area contributed by atoms with Crippen molar-refractivity contribution in [1.29, 1.82) is 0 Å². The Morgan fingerprint density at radius 3 is 1.05 bits per heavy atom. The summed E-state index contributed by atoms with van der Waals surface area (Å²) >= 11 is 0. The maximum absolute atomic E-state index is 12.8. The Bertz CT molecular complexity index is 1180. The summed E-state index contributed by atoms with van der Waals surface area (Å²) in [7, 11) is 0. The van der Waals surface area contributed by atoms with Crippen molar-refractivity contribution in [3.8, 4) is 0 Å². The number of allylic oxidation sites excluding steroid dienone is 12. The van der Waals surface area contributed by atoms with Gasteiger partial charge in [0.2, 0.25) is 0 Å². The van der Waals surface area contributed by atoms with E-state index < -0.39 is 6.10 Å². The third-order valence-corrected chi connectivity index (χ3v) is 11.1. The van der Waals surface area contributed by atoms with Gasteiger partial charge in [0.25, 0.3) is 0 Å². The van der Waals surface area contributed by atoms with E-state index in [1.807, 2.05) is 48.6 Å². The Kier molecular flexibility index (Phi) is 47.9. The molecule has 0 aromatic carbocycles. The predicted molar refractivity (Wildman–Crippen MR) is 265 cm³/mol. The first kappa shape index (κ1) is 58.9. The summed E-state index contributed by atoms with van der Waals surface area (Å²) in [6.45, 7) is 6.45. The van der Waals surface area contributed by atoms with Crippen LogP contribution in [-0.4, -0.2) is 37.2 Å². The number of hydrogen-bond acceptors (Lipinski definition) is 6. The van der Waals surface area contributed by atoms with Crippen molar-refractivity contribution in [2.75, 3.05) is 13.2 Å². The zero-order chi connectivity index (χ0) is 45.1. The van der Waals surface area contributed by atoms with Gasteiger partial charge < -0.3 is 14.2 Å². The molecule has 0 saturated carbocycles. The molecule has 356 valence electrons. The molecular formula is C56H96O6. The van der Waals surface area contributed by atoms with Crippen molar-refractivity contribution in [1.82, 2.24) is 0 Å². The minimum absolute atomic E-state index is 0.0929. The van der Waals surface area contributed by atoms with Crippen LogP contribution in [0.2, 0.25) is 0 Å². The standard InChI is InChI=1S/C56H96O6/c1-4-7-10-13-16-19-22-24-26-27-28-29-31-32-34-37-40-43-46-49-55(58)61-52-53(51-60-54(57)48-45-42-39-36-21-18-15-12-9-6-3)62-56(59)50-47-44-41-38-35-33-30-25-23-20-17-14-11-8-5-2/h8,11,14,17,20,23,25,27-28,30,33,35,53H,4-7,9-10,12-13,15-16,18-19,21-22,24,26,29,31-32,34,36-52H2,1-3H3/b11-8-,17-14-,23-20-,28-27-,30-25-,35-33-. The van der Waals surface area contributed by atoms with Gasteiger partial charge in [-0.05, 0) is 64.2 Å². The number of unbranched alkanes of at least 4 members (excludes halogenated alkanes) is 27. The van der Waals surface area contributed by atoms with E-state index in [1.165, 1.54) is 135 Å². The number of carbonyl (C=O) groups is 3. The minimum atomic E-state index is -0.796. The molecule has 0 aliphatic heterocycles. The molecule has 1 unspecified atom stereocenters. The quantitative estimate of drug-likeness (QED) is 0.0199. The molecule has 1 atom stereocenters. The number of ether oxygens (including phenoxy) is 3. The average molecular weight is 865 g/mol. The Morgan fingerprint density at radius 1 is 0.339 bits per heavy atom. The highest BCUT2D eigenvalue weighted by atomic mass is 16.6. The van der Waals surface area contributed by atoms with Gasteiger partial charge in [-0.2, -0.15) is 0 Å². The fourth-order valence-electron chi connectivity index (χ4n) is 7.16. The topological polar surface area (TPSA) is 78.9 Å². The highest BCUT2D eigenvalue weighted by molar-refractivity contribution is 5.71. The van der Waals surface area contributed by atoms with Crippen LogP contribution in [0, 0.1) is 0 Å². The molecule has 62 heavy (non-hydrogen) atoms. The van der Waals surface area contributed by atoms with Crippen molar-refractivity contribution >= 4 is 17.9 Å². The first-order chi connectivity index (χ1) is 30.5. The van der Waals surface area contributed by atoms with Gasteiger partial charge in [0.1, 0.15) is 13.2 Å². The first-order valence-corrected chi connectivity index (χ1v) is 26.0. The highest BCUT2D eigenvalue weighted by Crippen LogP contribution is 2.15. The molecule has 6 heteroatoms. The van der Waals surface area contributed by atoms with Gasteiger partial charge in [0, 0.05) is 19.3 Å². The van der Waals surface area contributed by atoms with Crippen LogP contribution in [0.1, 0.15) is 245 Å². The van der Waals surface area contributed by atoms with Gasteiger partial charge in [-0.25, -0.2) is 0 Å². The van der Waals surface area contributed by atoms with Crippen LogP contribution in [0.15, 0.2) is 72.9 Å². The van der Waals surface area contributed by atoms with Gasteiger partial charge in [0.05, 0.1) is 0 Å². The predicted octanol–water partition coefficient (Wildman–Crippen LogP) is 17.0. The second kappa shape index (κ2) is 50.5. The lowest BCUT2D eigenvalue weighted by Gasteiger charge is -2.18. The summed E-state index contributed by atoms with van der Waals surface area (Å²) < 4.78 is 16.7. The van der Waals surface area contributed by atoms with Crippen molar-refractivity contribution in [3.05, 3.63) is 72.9 Å². The second-order valence-electron chi connectivity index (χ2n) is 17.2. The molecule has 0 bridgehead atoms. The second-order valence-corrected chi connectivity index (χ2v) is 17.2. The SMILES string of the molecule is CC\C=C/C=C\C=C/C=C\C=C/CCCCCC(=O)OC(COC(=O)CCCCCCCCC/C=C\CCCCCCCCCC)COC(=O)CCCCCCCCCCCC. The molecule has 0 aliphatic rings. The van der Waals surface area contributed by atoms with E-state index in [2.05, 4.69) is 45.1 Å². The lowest BCUT2D eigenvalue weighted by Crippen LogP contribution is -2.30. The van der Waals surface area contributed by atoms with Crippen LogP contribution in [0.25, 0.3) is 0 Å². The minimum Gasteiger partial charge on any atom is -0.462 e. The third kappa shape index (κ3) is 47.9. The first-order valence-electron chi connectivity index (χ1n) is 26.0. The molecule has 0 radical (unpaired) electrons. The highest BCUT2D eigenvalue weighted by Gasteiger charge is 2.19. The van der Waals surface area contributed by atoms with Crippen LogP contribution < -0.4 is 0 Å². The lowest BCUT2D eigenvalue weighted by atomic mass is 10.1. The fraction of sp³-hybridized carbons (Fsp3) is 0.732. The summed E-state index contributed by atoms with van der Waals surface area (Å²) in [5.41, 5.74) is 0. The summed E-state index contributed by atoms with van der Waals surface area (Å²) in [6, 6.07) is 0. The molecule has 0 amide bonds. The molecular weight excluding hydrogens is 769 g/mol. The summed E-state index contributed by atoms with van der Waals surface area (Å²) in [5.74, 6) is -0.939. The van der Waals surface area contributed by atoms with Crippen LogP contribution in [0.4, 0.5) is 0 Å². The molecule has 6 nitrogen and oxygen atoms in total. The van der Waals surface area contributed by atoms with Gasteiger partial charge in [-0.3, -0.25) is 14.4 Å². The Labute approximate surface area is 382 Å². The van der Waals surface area contributed by atoms with Crippen LogP contribution >= 0.6 is 0 Å². The molecule has 0 rings (SSSR count). The van der Waals surface area contributed by atoms with Crippen LogP contribution in [0.5, 0.6) is 0 Å². The van der Waals surface area contributed by atoms with Crippen molar-refractivity contribution in [3.63, 3.8) is 0 Å². The molecule has 0 N–H and O–H groups in total. The largest absolute Gasteiger partial charge is 0.462 e. The van der Waals surface area contributed by atoms with Crippen molar-refractivity contribution < 1.29 is 28.6 Å². The van der Waals surface area contributed by atoms with Gasteiger partial charge in [-0.15, -0.1) is 0 Å². The maximum Gasteiger partial charge on any atom is 0.306 e. The Morgan fingerprint density at radius 2 is 0.645 bits per heavy atom. The van der Waals surface area contributed by atoms with E-state index in [1.54, 1.807) is 0 Å². The molecule has 0 aromatic heterocycles. The summed E-state index contributed by atoms with van der Waals surface area (Å²) in [5, 5.41) is 0. The van der Waals surface area contributed by atoms with Gasteiger partial charge in [-0.1, -0.05) is 235 Å². The Hall–Kier alpha value is -3.15. The number of hydrogen-bond donors (Lipinski definition) is 0. The maximum atomic E-state index is 12.8. The van der Waals surface area contributed by atoms with Crippen molar-refractivity contribution in [2.45, 2.75) is 252 Å². The molecule has 0 saturated heterocycles. The summed E-state index contributed by atoms with van der Waals surface area (Å²) in [4.78, 5) is 37.9. The van der Waals surface area contributed by atoms with E-state index >= 15 is 0 Å². The zero-order valence-corrected chi connectivity index (χ0v) is 40.6. The number of carbonyl (C=O) groups excluding carboxylic acids is 3. The van der Waals surface area contributed by atoms with Crippen LogP contribution in [-0.2, 0) is 28.6 Å². The smallest absolute Gasteiger partial charge is 0.306 e. The van der Waals surface area contributed by atoms with E-state index in [9.17, 15) is 14.4 Å². The van der Waals surface area contributed by atoms with E-state index in [-0.39, 0.29) is 37.5 Å². The number of esters is 3.